The van der Waals surface area contributed by atoms with Crippen LogP contribution >= 0.6 is 0 Å². The number of hydrogen-bond acceptors (Lipinski definition) is 4. The first-order valence-electron chi connectivity index (χ1n) is 10.3. The summed E-state index contributed by atoms with van der Waals surface area (Å²) in [5.41, 5.74) is 1.64. The second-order valence-corrected chi connectivity index (χ2v) is 7.79. The monoisotopic (exact) mass is 427 g/mol. The van der Waals surface area contributed by atoms with Crippen LogP contribution < -0.4 is 4.74 Å². The van der Waals surface area contributed by atoms with Crippen molar-refractivity contribution in [2.24, 2.45) is 0 Å². The average molecular weight is 427 g/mol. The van der Waals surface area contributed by atoms with Gasteiger partial charge in [0.15, 0.2) is 11.6 Å². The Morgan fingerprint density at radius 3 is 2.42 bits per heavy atom. The number of carbonyl (C=O) groups excluding carboxylic acids is 2. The zero-order chi connectivity index (χ0) is 22.1. The predicted molar refractivity (Wildman–Crippen MR) is 111 cm³/mol. The number of ether oxygens (including phenoxy) is 2. The van der Waals surface area contributed by atoms with Crippen molar-refractivity contribution in [2.75, 3.05) is 7.11 Å². The second kappa shape index (κ2) is 8.49. The average Bonchev–Trinajstić information content (AvgIpc) is 3.34. The summed E-state index contributed by atoms with van der Waals surface area (Å²) in [6, 6.07) is 7.84. The number of halogens is 2. The Labute approximate surface area is 178 Å². The van der Waals surface area contributed by atoms with Crippen molar-refractivity contribution in [1.29, 1.82) is 0 Å². The van der Waals surface area contributed by atoms with E-state index in [4.69, 9.17) is 9.47 Å². The lowest BCUT2D eigenvalue weighted by atomic mass is 10.1. The number of hydrogen-bond donors (Lipinski definition) is 0. The van der Waals surface area contributed by atoms with Gasteiger partial charge in [-0.25, -0.2) is 8.78 Å². The molecule has 0 atom stereocenters. The Morgan fingerprint density at radius 2 is 1.77 bits per heavy atom. The van der Waals surface area contributed by atoms with Crippen molar-refractivity contribution < 1.29 is 27.8 Å². The molecule has 0 radical (unpaired) electrons. The minimum Gasteiger partial charge on any atom is -0.494 e. The first-order valence-corrected chi connectivity index (χ1v) is 10.3. The van der Waals surface area contributed by atoms with E-state index < -0.39 is 17.5 Å². The third kappa shape index (κ3) is 4.04. The number of aromatic nitrogens is 1. The van der Waals surface area contributed by atoms with Gasteiger partial charge in [-0.15, -0.1) is 0 Å². The summed E-state index contributed by atoms with van der Waals surface area (Å²) in [7, 11) is 1.35. The molecular weight excluding hydrogens is 404 g/mol. The summed E-state index contributed by atoms with van der Waals surface area (Å²) >= 11 is 0. The van der Waals surface area contributed by atoms with Crippen LogP contribution in [0.4, 0.5) is 8.78 Å². The fourth-order valence-electron chi connectivity index (χ4n) is 4.22. The van der Waals surface area contributed by atoms with Gasteiger partial charge in [0.2, 0.25) is 0 Å². The lowest BCUT2D eigenvalue weighted by Crippen LogP contribution is -2.17. The van der Waals surface area contributed by atoms with Crippen molar-refractivity contribution in [3.63, 3.8) is 0 Å². The molecule has 5 nitrogen and oxygen atoms in total. The molecule has 0 saturated heterocycles. The van der Waals surface area contributed by atoms with E-state index in [1.165, 1.54) is 48.1 Å². The van der Waals surface area contributed by atoms with Crippen molar-refractivity contribution in [2.45, 2.75) is 45.1 Å². The first-order chi connectivity index (χ1) is 14.9. The van der Waals surface area contributed by atoms with E-state index in [9.17, 15) is 18.4 Å². The van der Waals surface area contributed by atoms with E-state index in [0.29, 0.717) is 22.2 Å². The fourth-order valence-corrected chi connectivity index (χ4v) is 4.22. The van der Waals surface area contributed by atoms with Gasteiger partial charge >= 0.3 is 5.97 Å². The van der Waals surface area contributed by atoms with Crippen LogP contribution in [0.25, 0.3) is 10.9 Å². The highest BCUT2D eigenvalue weighted by Crippen LogP contribution is 2.33. The van der Waals surface area contributed by atoms with E-state index in [1.54, 1.807) is 6.92 Å². The molecular formula is C24H23F2NO4. The van der Waals surface area contributed by atoms with Crippen LogP contribution in [0.3, 0.4) is 0 Å². The Bertz CT molecular complexity index is 1140. The molecule has 2 aromatic carbocycles. The molecule has 0 bridgehead atoms. The van der Waals surface area contributed by atoms with Gasteiger partial charge < -0.3 is 9.47 Å². The summed E-state index contributed by atoms with van der Waals surface area (Å²) in [5.74, 6) is -1.89. The van der Waals surface area contributed by atoms with Gasteiger partial charge in [-0.2, -0.15) is 0 Å². The highest BCUT2D eigenvalue weighted by atomic mass is 19.1. The summed E-state index contributed by atoms with van der Waals surface area (Å²) in [4.78, 5) is 25.8. The number of benzene rings is 2. The van der Waals surface area contributed by atoms with E-state index in [-0.39, 0.29) is 29.8 Å². The Hall–Kier alpha value is -3.22. The molecule has 1 fully saturated rings. The van der Waals surface area contributed by atoms with Crippen LogP contribution in [0.15, 0.2) is 36.4 Å². The SMILES string of the molecule is COc1cc2c(CC(=O)OC3CCCC3)c(C)n(C(=O)c3ccc(F)cc3)c2cc1F. The van der Waals surface area contributed by atoms with Gasteiger partial charge in [-0.1, -0.05) is 0 Å². The number of nitrogens with zero attached hydrogens (tertiary/aromatic N) is 1. The molecule has 0 N–H and O–H groups in total. The molecule has 1 aromatic heterocycles. The van der Waals surface area contributed by atoms with Gasteiger partial charge in [0.1, 0.15) is 11.9 Å². The quantitative estimate of drug-likeness (QED) is 0.541. The number of fused-ring (bicyclic) bond motifs is 1. The topological polar surface area (TPSA) is 57.5 Å². The summed E-state index contributed by atoms with van der Waals surface area (Å²) in [5, 5.41) is 0.537. The Kier molecular flexibility index (Phi) is 5.76. The molecule has 3 aromatic rings. The van der Waals surface area contributed by atoms with Crippen molar-refractivity contribution in [3.05, 3.63) is 64.9 Å². The van der Waals surface area contributed by atoms with E-state index in [0.717, 1.165) is 25.7 Å². The third-order valence-electron chi connectivity index (χ3n) is 5.82. The van der Waals surface area contributed by atoms with Crippen molar-refractivity contribution in [3.8, 4) is 5.75 Å². The van der Waals surface area contributed by atoms with Crippen LogP contribution in [-0.2, 0) is 16.0 Å². The molecule has 31 heavy (non-hydrogen) atoms. The highest BCUT2D eigenvalue weighted by Gasteiger charge is 2.25. The van der Waals surface area contributed by atoms with Crippen LogP contribution in [0.2, 0.25) is 0 Å². The molecule has 4 rings (SSSR count). The standard InChI is InChI=1S/C24H23F2NO4/c1-14-18(12-23(28)31-17-5-3-4-6-17)19-11-22(30-2)20(26)13-21(19)27(14)24(29)15-7-9-16(25)10-8-15/h7-11,13,17H,3-6,12H2,1-2H3. The number of rotatable bonds is 5. The molecule has 7 heteroatoms. The zero-order valence-corrected chi connectivity index (χ0v) is 17.4. The molecule has 1 aliphatic rings. The van der Waals surface area contributed by atoms with E-state index in [2.05, 4.69) is 0 Å². The Balaban J connectivity index is 1.79. The molecule has 0 unspecified atom stereocenters. The maximum Gasteiger partial charge on any atom is 0.310 e. The molecule has 0 aliphatic heterocycles. The molecule has 162 valence electrons. The first kappa shape index (κ1) is 21.0. The maximum atomic E-state index is 14.5. The van der Waals surface area contributed by atoms with Gasteiger partial charge in [0.05, 0.1) is 19.0 Å². The van der Waals surface area contributed by atoms with Crippen LogP contribution in [-0.4, -0.2) is 29.7 Å². The second-order valence-electron chi connectivity index (χ2n) is 7.79. The molecule has 1 aliphatic carbocycles. The van der Waals surface area contributed by atoms with E-state index >= 15 is 0 Å². The molecule has 0 amide bonds. The summed E-state index contributed by atoms with van der Waals surface area (Å²) in [6.07, 6.45) is 3.67. The van der Waals surface area contributed by atoms with Crippen molar-refractivity contribution in [1.82, 2.24) is 4.57 Å². The smallest absolute Gasteiger partial charge is 0.310 e. The summed E-state index contributed by atoms with van der Waals surface area (Å²) < 4.78 is 39.8. The maximum absolute atomic E-state index is 14.5. The van der Waals surface area contributed by atoms with Crippen LogP contribution in [0.5, 0.6) is 5.75 Å². The van der Waals surface area contributed by atoms with Crippen LogP contribution in [0, 0.1) is 18.6 Å². The molecule has 1 heterocycles. The number of methoxy groups -OCH3 is 1. The number of carbonyl (C=O) groups is 2. The molecule has 0 spiro atoms. The van der Waals surface area contributed by atoms with Gasteiger partial charge in [-0.05, 0) is 68.5 Å². The third-order valence-corrected chi connectivity index (χ3v) is 5.82. The molecule has 1 saturated carbocycles. The Morgan fingerprint density at radius 1 is 1.10 bits per heavy atom. The van der Waals surface area contributed by atoms with Crippen LogP contribution in [0.1, 0.15) is 47.3 Å². The normalized spacial score (nSPS) is 14.2. The summed E-state index contributed by atoms with van der Waals surface area (Å²) in [6.45, 7) is 1.70. The fraction of sp³-hybridized carbons (Fsp3) is 0.333. The predicted octanol–water partition coefficient (Wildman–Crippen LogP) is 4.95. The minimum atomic E-state index is -0.624. The van der Waals surface area contributed by atoms with Crippen molar-refractivity contribution >= 4 is 22.8 Å². The minimum absolute atomic E-state index is 0.0179. The largest absolute Gasteiger partial charge is 0.494 e. The van der Waals surface area contributed by atoms with Gasteiger partial charge in [0.25, 0.3) is 5.91 Å². The van der Waals surface area contributed by atoms with E-state index in [1.807, 2.05) is 0 Å². The van der Waals surface area contributed by atoms with Gasteiger partial charge in [0, 0.05) is 22.7 Å². The lowest BCUT2D eigenvalue weighted by Gasteiger charge is -2.11. The highest BCUT2D eigenvalue weighted by molar-refractivity contribution is 6.05. The lowest BCUT2D eigenvalue weighted by molar-refractivity contribution is -0.147. The zero-order valence-electron chi connectivity index (χ0n) is 17.4. The number of esters is 1. The van der Waals surface area contributed by atoms with Gasteiger partial charge in [-0.3, -0.25) is 14.2 Å².